The fourth-order valence-electron chi connectivity index (χ4n) is 1.89. The molecule has 0 unspecified atom stereocenters. The van der Waals surface area contributed by atoms with Gasteiger partial charge in [0.15, 0.2) is 5.58 Å². The molecule has 1 heterocycles. The summed E-state index contributed by atoms with van der Waals surface area (Å²) in [6, 6.07) is 11.8. The number of nitrogens with zero attached hydrogens (tertiary/aromatic N) is 1. The lowest BCUT2D eigenvalue weighted by Crippen LogP contribution is -1.84. The van der Waals surface area contributed by atoms with Crippen LogP contribution in [0.2, 0.25) is 0 Å². The molecule has 0 radical (unpaired) electrons. The average molecular weight is 243 g/mol. The number of ether oxygens (including phenoxy) is 1. The summed E-state index contributed by atoms with van der Waals surface area (Å²) in [6.07, 6.45) is 0. The predicted octanol–water partition coefficient (Wildman–Crippen LogP) is 3.64. The molecule has 3 aromatic rings. The van der Waals surface area contributed by atoms with Gasteiger partial charge in [-0.3, -0.25) is 0 Å². The van der Waals surface area contributed by atoms with E-state index in [4.69, 9.17) is 9.26 Å². The molecule has 18 heavy (non-hydrogen) atoms. The third-order valence-electron chi connectivity index (χ3n) is 2.81. The van der Waals surface area contributed by atoms with Gasteiger partial charge in [0, 0.05) is 11.6 Å². The summed E-state index contributed by atoms with van der Waals surface area (Å²) in [7, 11) is 1.58. The van der Waals surface area contributed by atoms with Gasteiger partial charge >= 0.3 is 0 Å². The summed E-state index contributed by atoms with van der Waals surface area (Å²) in [4.78, 5) is 0. The fraction of sp³-hybridized carbons (Fsp3) is 0.0714. The number of fused-ring (bicyclic) bond motifs is 1. The van der Waals surface area contributed by atoms with Crippen LogP contribution in [0.25, 0.3) is 22.2 Å². The Kier molecular flexibility index (Phi) is 2.48. The van der Waals surface area contributed by atoms with Crippen LogP contribution in [0, 0.1) is 5.82 Å². The molecule has 0 fully saturated rings. The molecule has 0 saturated heterocycles. The van der Waals surface area contributed by atoms with Gasteiger partial charge in [-0.2, -0.15) is 0 Å². The minimum atomic E-state index is -0.316. The molecule has 90 valence electrons. The molecule has 0 spiro atoms. The van der Waals surface area contributed by atoms with E-state index in [-0.39, 0.29) is 5.82 Å². The van der Waals surface area contributed by atoms with Crippen molar-refractivity contribution in [3.05, 3.63) is 48.3 Å². The van der Waals surface area contributed by atoms with Crippen molar-refractivity contribution >= 4 is 11.0 Å². The van der Waals surface area contributed by atoms with Gasteiger partial charge in [-0.1, -0.05) is 17.3 Å². The van der Waals surface area contributed by atoms with Crippen LogP contribution in [0.5, 0.6) is 5.75 Å². The predicted molar refractivity (Wildman–Crippen MR) is 66.0 cm³/mol. The third kappa shape index (κ3) is 1.62. The number of hydrogen-bond donors (Lipinski definition) is 0. The normalized spacial score (nSPS) is 10.8. The van der Waals surface area contributed by atoms with E-state index in [0.717, 1.165) is 5.39 Å². The maximum atomic E-state index is 13.7. The van der Waals surface area contributed by atoms with Crippen LogP contribution in [0.3, 0.4) is 0 Å². The number of rotatable bonds is 2. The summed E-state index contributed by atoms with van der Waals surface area (Å²) >= 11 is 0. The van der Waals surface area contributed by atoms with Crippen LogP contribution in [0.4, 0.5) is 4.39 Å². The molecular formula is C14H10FNO2. The Labute approximate surface area is 103 Å². The molecule has 0 N–H and O–H groups in total. The molecule has 1 aromatic heterocycles. The standard InChI is InChI=1S/C14H10FNO2/c1-17-9-6-7-11-13(8-9)18-16-14(11)10-4-2-3-5-12(10)15/h2-8H,1H3. The van der Waals surface area contributed by atoms with Crippen molar-refractivity contribution < 1.29 is 13.7 Å². The first-order valence-electron chi connectivity index (χ1n) is 5.48. The van der Waals surface area contributed by atoms with Crippen molar-refractivity contribution in [1.82, 2.24) is 5.16 Å². The minimum Gasteiger partial charge on any atom is -0.497 e. The number of aromatic nitrogens is 1. The molecule has 2 aromatic carbocycles. The van der Waals surface area contributed by atoms with Crippen molar-refractivity contribution in [2.75, 3.05) is 7.11 Å². The maximum absolute atomic E-state index is 13.7. The van der Waals surface area contributed by atoms with Crippen molar-refractivity contribution in [2.24, 2.45) is 0 Å². The van der Waals surface area contributed by atoms with Gasteiger partial charge in [0.1, 0.15) is 17.3 Å². The van der Waals surface area contributed by atoms with E-state index in [9.17, 15) is 4.39 Å². The van der Waals surface area contributed by atoms with E-state index < -0.39 is 0 Å². The molecule has 0 aliphatic heterocycles. The lowest BCUT2D eigenvalue weighted by atomic mass is 10.1. The number of hydrogen-bond acceptors (Lipinski definition) is 3. The second-order valence-corrected chi connectivity index (χ2v) is 3.87. The van der Waals surface area contributed by atoms with Crippen LogP contribution in [-0.2, 0) is 0 Å². The Morgan fingerprint density at radius 3 is 2.78 bits per heavy atom. The van der Waals surface area contributed by atoms with E-state index in [0.29, 0.717) is 22.6 Å². The Hall–Kier alpha value is -2.36. The first kappa shape index (κ1) is 10.8. The molecule has 0 bridgehead atoms. The highest BCUT2D eigenvalue weighted by Gasteiger charge is 2.14. The molecule has 0 aliphatic rings. The zero-order valence-corrected chi connectivity index (χ0v) is 9.68. The van der Waals surface area contributed by atoms with E-state index in [1.165, 1.54) is 6.07 Å². The van der Waals surface area contributed by atoms with Crippen LogP contribution in [0.15, 0.2) is 47.0 Å². The Bertz CT molecular complexity index is 706. The van der Waals surface area contributed by atoms with Gasteiger partial charge in [-0.25, -0.2) is 4.39 Å². The van der Waals surface area contributed by atoms with Gasteiger partial charge in [-0.05, 0) is 24.3 Å². The lowest BCUT2D eigenvalue weighted by Gasteiger charge is -1.99. The monoisotopic (exact) mass is 243 g/mol. The zero-order valence-electron chi connectivity index (χ0n) is 9.68. The SMILES string of the molecule is COc1ccc2c(-c3ccccc3F)noc2c1. The molecule has 0 saturated carbocycles. The third-order valence-corrected chi connectivity index (χ3v) is 2.81. The number of benzene rings is 2. The van der Waals surface area contributed by atoms with E-state index >= 15 is 0 Å². The first-order chi connectivity index (χ1) is 8.79. The number of methoxy groups -OCH3 is 1. The molecule has 0 amide bonds. The van der Waals surface area contributed by atoms with Crippen molar-refractivity contribution in [2.45, 2.75) is 0 Å². The maximum Gasteiger partial charge on any atom is 0.171 e. The van der Waals surface area contributed by atoms with Crippen LogP contribution < -0.4 is 4.74 Å². The molecule has 3 rings (SSSR count). The summed E-state index contributed by atoms with van der Waals surface area (Å²) in [6.45, 7) is 0. The second kappa shape index (κ2) is 4.14. The fourth-order valence-corrected chi connectivity index (χ4v) is 1.89. The zero-order chi connectivity index (χ0) is 12.5. The smallest absolute Gasteiger partial charge is 0.171 e. The lowest BCUT2D eigenvalue weighted by molar-refractivity contribution is 0.412. The van der Waals surface area contributed by atoms with Gasteiger partial charge in [0.05, 0.1) is 12.5 Å². The van der Waals surface area contributed by atoms with Crippen molar-refractivity contribution in [3.63, 3.8) is 0 Å². The Morgan fingerprint density at radius 2 is 2.00 bits per heavy atom. The Balaban J connectivity index is 2.22. The molecule has 0 aliphatic carbocycles. The van der Waals surface area contributed by atoms with Crippen LogP contribution in [-0.4, -0.2) is 12.3 Å². The van der Waals surface area contributed by atoms with Crippen LogP contribution in [0.1, 0.15) is 0 Å². The summed E-state index contributed by atoms with van der Waals surface area (Å²) < 4.78 is 24.0. The minimum absolute atomic E-state index is 0.316. The number of halogens is 1. The molecule has 4 heteroatoms. The summed E-state index contributed by atoms with van der Waals surface area (Å²) in [5.74, 6) is 0.363. The molecule has 3 nitrogen and oxygen atoms in total. The Morgan fingerprint density at radius 1 is 1.17 bits per heavy atom. The highest BCUT2D eigenvalue weighted by Crippen LogP contribution is 2.31. The van der Waals surface area contributed by atoms with Crippen molar-refractivity contribution in [3.8, 4) is 17.0 Å². The second-order valence-electron chi connectivity index (χ2n) is 3.87. The van der Waals surface area contributed by atoms with E-state index in [1.54, 1.807) is 37.4 Å². The highest BCUT2D eigenvalue weighted by molar-refractivity contribution is 5.92. The summed E-state index contributed by atoms with van der Waals surface area (Å²) in [5.41, 5.74) is 1.51. The van der Waals surface area contributed by atoms with E-state index in [1.807, 2.05) is 6.07 Å². The van der Waals surface area contributed by atoms with Crippen molar-refractivity contribution in [1.29, 1.82) is 0 Å². The van der Waals surface area contributed by atoms with Gasteiger partial charge < -0.3 is 9.26 Å². The van der Waals surface area contributed by atoms with Crippen LogP contribution >= 0.6 is 0 Å². The quantitative estimate of drug-likeness (QED) is 0.689. The molecule has 0 atom stereocenters. The largest absolute Gasteiger partial charge is 0.497 e. The topological polar surface area (TPSA) is 35.3 Å². The van der Waals surface area contributed by atoms with Gasteiger partial charge in [0.25, 0.3) is 0 Å². The van der Waals surface area contributed by atoms with E-state index in [2.05, 4.69) is 5.16 Å². The van der Waals surface area contributed by atoms with Gasteiger partial charge in [-0.15, -0.1) is 0 Å². The first-order valence-corrected chi connectivity index (χ1v) is 5.48. The molecular weight excluding hydrogens is 233 g/mol. The summed E-state index contributed by atoms with van der Waals surface area (Å²) in [5, 5.41) is 4.70. The van der Waals surface area contributed by atoms with Gasteiger partial charge in [0.2, 0.25) is 0 Å². The highest BCUT2D eigenvalue weighted by atomic mass is 19.1. The average Bonchev–Trinajstić information content (AvgIpc) is 2.82.